The zero-order valence-electron chi connectivity index (χ0n) is 9.28. The van der Waals surface area contributed by atoms with Crippen LogP contribution in [-0.2, 0) is 11.3 Å². The van der Waals surface area contributed by atoms with Crippen LogP contribution < -0.4 is 11.2 Å². The molecule has 0 aromatic carbocycles. The van der Waals surface area contributed by atoms with Gasteiger partial charge in [-0.3, -0.25) is 4.57 Å². The molecule has 1 aromatic heterocycles. The maximum atomic E-state index is 11.7. The maximum absolute atomic E-state index is 11.7. The first kappa shape index (κ1) is 12.6. The minimum atomic E-state index is -1.18. The van der Waals surface area contributed by atoms with Gasteiger partial charge >= 0.3 is 5.69 Å². The van der Waals surface area contributed by atoms with E-state index in [0.29, 0.717) is 11.9 Å². The standard InChI is InChI=1S/C9H14N3O4P/c1-6-16-8(5-17(6)15)12-3-2-7(4-10-14)11-9(12)13/h2-3,6,8,10,14-15H,4-5H2,1H3/t6-,8+,17+/m0/s1. The molecule has 3 N–H and O–H groups in total. The second kappa shape index (κ2) is 5.20. The normalized spacial score (nSPS) is 28.5. The van der Waals surface area contributed by atoms with E-state index >= 15 is 0 Å². The van der Waals surface area contributed by atoms with Crippen molar-refractivity contribution in [2.24, 2.45) is 0 Å². The Hall–Kier alpha value is -0.850. The van der Waals surface area contributed by atoms with Crippen molar-refractivity contribution in [2.45, 2.75) is 25.5 Å². The van der Waals surface area contributed by atoms with Crippen LogP contribution in [0.2, 0.25) is 0 Å². The van der Waals surface area contributed by atoms with Crippen molar-refractivity contribution in [1.82, 2.24) is 15.0 Å². The summed E-state index contributed by atoms with van der Waals surface area (Å²) in [6.45, 7) is 1.90. The molecule has 8 heteroatoms. The van der Waals surface area contributed by atoms with Crippen LogP contribution in [0.5, 0.6) is 0 Å². The van der Waals surface area contributed by atoms with Gasteiger partial charge in [-0.15, -0.1) is 0 Å². The number of hydrogen-bond acceptors (Lipinski definition) is 6. The second-order valence-electron chi connectivity index (χ2n) is 3.76. The first-order valence-corrected chi connectivity index (χ1v) is 6.72. The third-order valence-electron chi connectivity index (χ3n) is 2.58. The number of rotatable bonds is 3. The molecule has 7 nitrogen and oxygen atoms in total. The topological polar surface area (TPSA) is 96.6 Å². The molecular formula is C9H14N3O4P. The Kier molecular flexibility index (Phi) is 3.86. The molecule has 1 aromatic rings. The van der Waals surface area contributed by atoms with Gasteiger partial charge < -0.3 is 14.8 Å². The number of aromatic nitrogens is 2. The summed E-state index contributed by atoms with van der Waals surface area (Å²) in [4.78, 5) is 25.1. The van der Waals surface area contributed by atoms with E-state index in [2.05, 4.69) is 4.98 Å². The predicted molar refractivity (Wildman–Crippen MR) is 60.7 cm³/mol. The van der Waals surface area contributed by atoms with Crippen molar-refractivity contribution in [1.29, 1.82) is 0 Å². The van der Waals surface area contributed by atoms with Crippen LogP contribution in [0.3, 0.4) is 0 Å². The highest BCUT2D eigenvalue weighted by atomic mass is 31.1. The van der Waals surface area contributed by atoms with Crippen molar-refractivity contribution in [2.75, 3.05) is 6.16 Å². The van der Waals surface area contributed by atoms with Crippen LogP contribution in [0.15, 0.2) is 17.1 Å². The number of hydroxylamine groups is 1. The summed E-state index contributed by atoms with van der Waals surface area (Å²) in [5.74, 6) is -0.222. The summed E-state index contributed by atoms with van der Waals surface area (Å²) in [5.41, 5.74) is 1.94. The van der Waals surface area contributed by atoms with E-state index in [4.69, 9.17) is 9.94 Å². The minimum absolute atomic E-state index is 0.116. The van der Waals surface area contributed by atoms with Gasteiger partial charge in [0.05, 0.1) is 20.4 Å². The molecule has 0 unspecified atom stereocenters. The van der Waals surface area contributed by atoms with E-state index < -0.39 is 20.1 Å². The molecule has 0 radical (unpaired) electrons. The van der Waals surface area contributed by atoms with Gasteiger partial charge in [-0.25, -0.2) is 4.79 Å². The zero-order chi connectivity index (χ0) is 12.4. The second-order valence-corrected chi connectivity index (χ2v) is 5.73. The van der Waals surface area contributed by atoms with E-state index in [-0.39, 0.29) is 12.4 Å². The fourth-order valence-corrected chi connectivity index (χ4v) is 2.81. The quantitative estimate of drug-likeness (QED) is 0.521. The Labute approximate surface area is 98.9 Å². The lowest BCUT2D eigenvalue weighted by Crippen LogP contribution is -2.29. The highest BCUT2D eigenvalue weighted by Gasteiger charge is 2.32. The summed E-state index contributed by atoms with van der Waals surface area (Å²) in [6.07, 6.45) is 1.56. The van der Waals surface area contributed by atoms with E-state index in [1.807, 2.05) is 5.48 Å². The fourth-order valence-electron chi connectivity index (χ4n) is 1.65. The van der Waals surface area contributed by atoms with E-state index in [9.17, 15) is 9.69 Å². The van der Waals surface area contributed by atoms with Crippen molar-refractivity contribution in [3.8, 4) is 0 Å². The van der Waals surface area contributed by atoms with Crippen LogP contribution >= 0.6 is 8.15 Å². The number of ether oxygens (including phenoxy) is 1. The number of hydrogen-bond donors (Lipinski definition) is 3. The number of nitrogens with zero attached hydrogens (tertiary/aromatic N) is 2. The third-order valence-corrected chi connectivity index (χ3v) is 4.22. The van der Waals surface area contributed by atoms with Crippen molar-refractivity contribution in [3.63, 3.8) is 0 Å². The molecule has 3 atom stereocenters. The molecule has 94 valence electrons. The Morgan fingerprint density at radius 3 is 3.06 bits per heavy atom. The van der Waals surface area contributed by atoms with Gasteiger partial charge in [-0.2, -0.15) is 10.5 Å². The van der Waals surface area contributed by atoms with Gasteiger partial charge in [0.2, 0.25) is 0 Å². The molecule has 0 amide bonds. The molecular weight excluding hydrogens is 245 g/mol. The number of nitrogens with one attached hydrogen (secondary N) is 1. The summed E-state index contributed by atoms with van der Waals surface area (Å²) in [7, 11) is -1.18. The smallest absolute Gasteiger partial charge is 0.349 e. The molecule has 2 heterocycles. The van der Waals surface area contributed by atoms with Crippen molar-refractivity contribution < 1.29 is 14.8 Å². The molecule has 0 saturated carbocycles. The van der Waals surface area contributed by atoms with Crippen LogP contribution in [0.4, 0.5) is 0 Å². The average molecular weight is 259 g/mol. The molecule has 1 aliphatic heterocycles. The van der Waals surface area contributed by atoms with E-state index in [0.717, 1.165) is 0 Å². The Morgan fingerprint density at radius 1 is 1.76 bits per heavy atom. The summed E-state index contributed by atoms with van der Waals surface area (Å²) in [5, 5.41) is 8.51. The monoisotopic (exact) mass is 259 g/mol. The molecule has 2 rings (SSSR count). The Morgan fingerprint density at radius 2 is 2.53 bits per heavy atom. The van der Waals surface area contributed by atoms with E-state index in [1.54, 1.807) is 19.2 Å². The van der Waals surface area contributed by atoms with Crippen LogP contribution in [-0.4, -0.2) is 31.7 Å². The first-order valence-electron chi connectivity index (χ1n) is 5.18. The zero-order valence-corrected chi connectivity index (χ0v) is 10.2. The van der Waals surface area contributed by atoms with Crippen LogP contribution in [0.1, 0.15) is 18.8 Å². The van der Waals surface area contributed by atoms with Gasteiger partial charge in [0.1, 0.15) is 12.1 Å². The average Bonchev–Trinajstić information content (AvgIpc) is 2.59. The lowest BCUT2D eigenvalue weighted by Gasteiger charge is -2.13. The minimum Gasteiger partial charge on any atom is -0.371 e. The van der Waals surface area contributed by atoms with Gasteiger partial charge in [-0.05, 0) is 13.0 Å². The van der Waals surface area contributed by atoms with Gasteiger partial charge in [-0.1, -0.05) is 0 Å². The summed E-state index contributed by atoms with van der Waals surface area (Å²) < 4.78 is 6.83. The van der Waals surface area contributed by atoms with Gasteiger partial charge in [0.15, 0.2) is 0 Å². The van der Waals surface area contributed by atoms with Crippen LogP contribution in [0.25, 0.3) is 0 Å². The maximum Gasteiger partial charge on any atom is 0.349 e. The van der Waals surface area contributed by atoms with Gasteiger partial charge in [0, 0.05) is 12.4 Å². The molecule has 0 bridgehead atoms. The Bertz CT molecular complexity index is 442. The highest BCUT2D eigenvalue weighted by molar-refractivity contribution is 7.52. The Balaban J connectivity index is 2.20. The lowest BCUT2D eigenvalue weighted by molar-refractivity contribution is 0.0220. The molecule has 0 aliphatic carbocycles. The molecule has 0 spiro atoms. The highest BCUT2D eigenvalue weighted by Crippen LogP contribution is 2.47. The predicted octanol–water partition coefficient (Wildman–Crippen LogP) is -0.0139. The fraction of sp³-hybridized carbons (Fsp3) is 0.556. The summed E-state index contributed by atoms with van der Waals surface area (Å²) >= 11 is 0. The summed E-state index contributed by atoms with van der Waals surface area (Å²) in [6, 6.07) is 1.62. The van der Waals surface area contributed by atoms with Crippen LogP contribution in [0, 0.1) is 0 Å². The lowest BCUT2D eigenvalue weighted by atomic mass is 10.4. The molecule has 1 fully saturated rings. The SMILES string of the molecule is C[C@H]1O[C@@H](n2ccc(CNO)nc2=O)C[P@@]1O. The van der Waals surface area contributed by atoms with Crippen molar-refractivity contribution >= 4 is 8.15 Å². The van der Waals surface area contributed by atoms with Crippen molar-refractivity contribution in [3.05, 3.63) is 28.4 Å². The van der Waals surface area contributed by atoms with E-state index in [1.165, 1.54) is 4.57 Å². The van der Waals surface area contributed by atoms with Gasteiger partial charge in [0.25, 0.3) is 0 Å². The largest absolute Gasteiger partial charge is 0.371 e. The first-order chi connectivity index (χ1) is 8.11. The molecule has 1 saturated heterocycles. The third kappa shape index (κ3) is 2.70. The molecule has 1 aliphatic rings. The molecule has 17 heavy (non-hydrogen) atoms.